The highest BCUT2D eigenvalue weighted by Crippen LogP contribution is 2.17. The summed E-state index contributed by atoms with van der Waals surface area (Å²) in [6.07, 6.45) is 0. The van der Waals surface area contributed by atoms with E-state index in [1.165, 1.54) is 17.0 Å². The van der Waals surface area contributed by atoms with Crippen molar-refractivity contribution >= 4 is 15.9 Å². The van der Waals surface area contributed by atoms with E-state index in [4.69, 9.17) is 5.14 Å². The molecule has 0 heterocycles. The fourth-order valence-electron chi connectivity index (χ4n) is 1.30. The summed E-state index contributed by atoms with van der Waals surface area (Å²) in [6.45, 7) is 1.78. The normalized spacial score (nSPS) is 11.2. The molecule has 0 aliphatic heterocycles. The molecule has 0 saturated carbocycles. The molecule has 0 atom stereocenters. The van der Waals surface area contributed by atoms with E-state index in [0.29, 0.717) is 0 Å². The molecule has 0 unspecified atom stereocenters. The zero-order chi connectivity index (χ0) is 12.5. The number of nitrogens with zero attached hydrogens (tertiary/aromatic N) is 1. The summed E-state index contributed by atoms with van der Waals surface area (Å²) in [7, 11) is -0.770. The number of sulfonamides is 1. The van der Waals surface area contributed by atoms with Crippen LogP contribution in [0, 0.1) is 6.92 Å². The lowest BCUT2D eigenvalue weighted by molar-refractivity contribution is 0.0824. The number of hydrogen-bond acceptors (Lipinski definition) is 3. The van der Waals surface area contributed by atoms with Crippen molar-refractivity contribution in [1.82, 2.24) is 4.90 Å². The number of carbonyl (C=O) groups excluding carboxylic acids is 1. The molecule has 0 spiro atoms. The third-order valence-corrected chi connectivity index (χ3v) is 3.05. The van der Waals surface area contributed by atoms with Crippen LogP contribution in [0.25, 0.3) is 0 Å². The first kappa shape index (κ1) is 12.7. The Kier molecular flexibility index (Phi) is 3.35. The minimum absolute atomic E-state index is 0.104. The van der Waals surface area contributed by atoms with Crippen molar-refractivity contribution in [2.75, 3.05) is 14.1 Å². The molecule has 0 aromatic heterocycles. The van der Waals surface area contributed by atoms with Crippen molar-refractivity contribution in [2.24, 2.45) is 5.14 Å². The van der Waals surface area contributed by atoms with Crippen molar-refractivity contribution in [3.05, 3.63) is 29.3 Å². The molecule has 0 saturated heterocycles. The van der Waals surface area contributed by atoms with Crippen LogP contribution < -0.4 is 5.14 Å². The third-order valence-electron chi connectivity index (χ3n) is 2.08. The van der Waals surface area contributed by atoms with Gasteiger partial charge in [-0.1, -0.05) is 11.6 Å². The van der Waals surface area contributed by atoms with Gasteiger partial charge in [0.15, 0.2) is 0 Å². The van der Waals surface area contributed by atoms with Gasteiger partial charge in [0.2, 0.25) is 10.0 Å². The van der Waals surface area contributed by atoms with Gasteiger partial charge < -0.3 is 4.90 Å². The average Bonchev–Trinajstić information content (AvgIpc) is 2.14. The van der Waals surface area contributed by atoms with Crippen molar-refractivity contribution in [1.29, 1.82) is 0 Å². The molecular weight excluding hydrogens is 228 g/mol. The van der Waals surface area contributed by atoms with Gasteiger partial charge in [0, 0.05) is 14.1 Å². The van der Waals surface area contributed by atoms with Gasteiger partial charge in [0.05, 0.1) is 10.5 Å². The minimum Gasteiger partial charge on any atom is -0.345 e. The Morgan fingerprint density at radius 3 is 2.31 bits per heavy atom. The second-order valence-electron chi connectivity index (χ2n) is 3.74. The Hall–Kier alpha value is -1.40. The van der Waals surface area contributed by atoms with Crippen LogP contribution in [0.2, 0.25) is 0 Å². The van der Waals surface area contributed by atoms with Gasteiger partial charge in [-0.2, -0.15) is 0 Å². The number of rotatable bonds is 2. The second kappa shape index (κ2) is 4.23. The number of nitrogens with two attached hydrogens (primary N) is 1. The second-order valence-corrected chi connectivity index (χ2v) is 5.27. The van der Waals surface area contributed by atoms with Crippen molar-refractivity contribution in [3.8, 4) is 0 Å². The van der Waals surface area contributed by atoms with E-state index in [1.807, 2.05) is 0 Å². The molecule has 0 radical (unpaired) electrons. The monoisotopic (exact) mass is 242 g/mol. The van der Waals surface area contributed by atoms with Gasteiger partial charge in [-0.05, 0) is 19.1 Å². The molecule has 88 valence electrons. The average molecular weight is 242 g/mol. The van der Waals surface area contributed by atoms with Crippen LogP contribution in [0.5, 0.6) is 0 Å². The molecule has 0 fully saturated rings. The highest BCUT2D eigenvalue weighted by atomic mass is 32.2. The minimum atomic E-state index is -3.88. The summed E-state index contributed by atoms with van der Waals surface area (Å²) in [5, 5.41) is 5.05. The van der Waals surface area contributed by atoms with Crippen LogP contribution in [0.3, 0.4) is 0 Å². The number of aryl methyl sites for hydroxylation is 1. The number of hydrogen-bond donors (Lipinski definition) is 1. The smallest absolute Gasteiger partial charge is 0.254 e. The van der Waals surface area contributed by atoms with E-state index in [-0.39, 0.29) is 16.4 Å². The van der Waals surface area contributed by atoms with Crippen LogP contribution in [-0.2, 0) is 10.0 Å². The maximum Gasteiger partial charge on any atom is 0.254 e. The molecule has 0 bridgehead atoms. The van der Waals surface area contributed by atoms with Crippen molar-refractivity contribution in [3.63, 3.8) is 0 Å². The maximum absolute atomic E-state index is 11.8. The van der Waals surface area contributed by atoms with E-state index in [2.05, 4.69) is 0 Å². The predicted octanol–water partition coefficient (Wildman–Crippen LogP) is 0.344. The number of carbonyl (C=O) groups is 1. The summed E-state index contributed by atoms with van der Waals surface area (Å²) in [4.78, 5) is 12.9. The van der Waals surface area contributed by atoms with E-state index in [9.17, 15) is 13.2 Å². The lowest BCUT2D eigenvalue weighted by atomic mass is 10.1. The first-order valence-corrected chi connectivity index (χ1v) is 6.13. The molecular formula is C10H14N2O3S. The molecule has 16 heavy (non-hydrogen) atoms. The van der Waals surface area contributed by atoms with Crippen molar-refractivity contribution < 1.29 is 13.2 Å². The molecule has 1 aromatic carbocycles. The van der Waals surface area contributed by atoms with Crippen LogP contribution in [0.1, 0.15) is 15.9 Å². The topological polar surface area (TPSA) is 80.5 Å². The van der Waals surface area contributed by atoms with Crippen LogP contribution >= 0.6 is 0 Å². The molecule has 2 N–H and O–H groups in total. The van der Waals surface area contributed by atoms with E-state index >= 15 is 0 Å². The maximum atomic E-state index is 11.8. The van der Waals surface area contributed by atoms with E-state index in [0.717, 1.165) is 5.56 Å². The summed E-state index contributed by atoms with van der Waals surface area (Å²) < 4.78 is 22.6. The summed E-state index contributed by atoms with van der Waals surface area (Å²) in [5.41, 5.74) is 0.908. The zero-order valence-electron chi connectivity index (χ0n) is 9.39. The number of primary sulfonamides is 1. The fraction of sp³-hybridized carbons (Fsp3) is 0.300. The van der Waals surface area contributed by atoms with E-state index in [1.54, 1.807) is 27.1 Å². The Morgan fingerprint density at radius 2 is 1.88 bits per heavy atom. The van der Waals surface area contributed by atoms with Gasteiger partial charge in [-0.15, -0.1) is 0 Å². The first-order chi connectivity index (χ1) is 7.23. The summed E-state index contributed by atoms with van der Waals surface area (Å²) in [5.74, 6) is -0.382. The van der Waals surface area contributed by atoms with E-state index < -0.39 is 10.0 Å². The van der Waals surface area contributed by atoms with Gasteiger partial charge in [-0.3, -0.25) is 4.79 Å². The number of amides is 1. The summed E-state index contributed by atoms with van der Waals surface area (Å²) >= 11 is 0. The highest BCUT2D eigenvalue weighted by Gasteiger charge is 2.20. The molecule has 1 aromatic rings. The molecule has 1 amide bonds. The highest BCUT2D eigenvalue weighted by molar-refractivity contribution is 7.89. The molecule has 6 heteroatoms. The molecule has 0 aliphatic rings. The quantitative estimate of drug-likeness (QED) is 0.812. The summed E-state index contributed by atoms with van der Waals surface area (Å²) in [6, 6.07) is 4.47. The number of benzene rings is 1. The largest absolute Gasteiger partial charge is 0.345 e. The van der Waals surface area contributed by atoms with Gasteiger partial charge in [-0.25, -0.2) is 13.6 Å². The SMILES string of the molecule is Cc1ccc(S(N)(=O)=O)c(C(=O)N(C)C)c1. The van der Waals surface area contributed by atoms with Crippen molar-refractivity contribution in [2.45, 2.75) is 11.8 Å². The van der Waals surface area contributed by atoms with Gasteiger partial charge >= 0.3 is 0 Å². The van der Waals surface area contributed by atoms with Gasteiger partial charge in [0.25, 0.3) is 5.91 Å². The van der Waals surface area contributed by atoms with Crippen LogP contribution in [0.15, 0.2) is 23.1 Å². The molecule has 0 aliphatic carbocycles. The standard InChI is InChI=1S/C10H14N2O3S/c1-7-4-5-9(16(11,14)15)8(6-7)10(13)12(2)3/h4-6H,1-3H3,(H2,11,14,15). The predicted molar refractivity (Wildman–Crippen MR) is 60.6 cm³/mol. The van der Waals surface area contributed by atoms with Gasteiger partial charge in [0.1, 0.15) is 0 Å². The Morgan fingerprint density at radius 1 is 1.31 bits per heavy atom. The van der Waals surface area contributed by atoms with Crippen LogP contribution in [-0.4, -0.2) is 33.3 Å². The third kappa shape index (κ3) is 2.59. The first-order valence-electron chi connectivity index (χ1n) is 4.58. The van der Waals surface area contributed by atoms with Crippen LogP contribution in [0.4, 0.5) is 0 Å². The Bertz CT molecular complexity index is 521. The fourth-order valence-corrected chi connectivity index (χ4v) is 2.01. The Balaban J connectivity index is 3.47. The lowest BCUT2D eigenvalue weighted by Crippen LogP contribution is -2.25. The Labute approximate surface area is 94.9 Å². The zero-order valence-corrected chi connectivity index (χ0v) is 10.2. The lowest BCUT2D eigenvalue weighted by Gasteiger charge is -2.13. The molecule has 1 rings (SSSR count). The molecule has 5 nitrogen and oxygen atoms in total.